The Balaban J connectivity index is 4.20. The van der Waals surface area contributed by atoms with Crippen molar-refractivity contribution in [2.75, 3.05) is 47.5 Å². The van der Waals surface area contributed by atoms with Crippen LogP contribution in [0.15, 0.2) is 72.9 Å². The molecule has 0 amide bonds. The quantitative estimate of drug-likeness (QED) is 0.0215. The fourth-order valence-corrected chi connectivity index (χ4v) is 5.54. The lowest BCUT2D eigenvalue weighted by Crippen LogP contribution is -2.40. The van der Waals surface area contributed by atoms with E-state index in [1.165, 1.54) is 25.7 Å². The highest BCUT2D eigenvalue weighted by Crippen LogP contribution is 2.13. The van der Waals surface area contributed by atoms with Crippen LogP contribution in [0.2, 0.25) is 0 Å². The maximum atomic E-state index is 12.7. The number of ether oxygens (including phenoxy) is 4. The molecule has 0 heterocycles. The number of nitrogens with zero attached hydrogens (tertiary/aromatic N) is 1. The zero-order chi connectivity index (χ0) is 42.1. The van der Waals surface area contributed by atoms with Gasteiger partial charge in [0.2, 0.25) is 0 Å². The van der Waals surface area contributed by atoms with Crippen LogP contribution < -0.4 is 0 Å². The Labute approximate surface area is 347 Å². The van der Waals surface area contributed by atoms with Gasteiger partial charge in [-0.1, -0.05) is 151 Å². The number of likely N-dealkylation sites (N-methyl/N-ethyl adjacent to an activating group) is 1. The third kappa shape index (κ3) is 40.7. The van der Waals surface area contributed by atoms with Crippen LogP contribution in [0.5, 0.6) is 0 Å². The van der Waals surface area contributed by atoms with Crippen LogP contribution in [0.4, 0.5) is 0 Å². The number of unbranched alkanes of at least 4 members (excludes halogenated alkanes) is 12. The number of carbonyl (C=O) groups excluding carboxylic acids is 2. The molecule has 0 saturated heterocycles. The molecule has 9 nitrogen and oxygen atoms in total. The third-order valence-corrected chi connectivity index (χ3v) is 8.98. The summed E-state index contributed by atoms with van der Waals surface area (Å²) in [4.78, 5) is 36.7. The molecule has 0 aliphatic carbocycles. The molecule has 0 aliphatic heterocycles. The van der Waals surface area contributed by atoms with E-state index in [9.17, 15) is 19.5 Å². The zero-order valence-electron chi connectivity index (χ0n) is 36.7. The van der Waals surface area contributed by atoms with Gasteiger partial charge >= 0.3 is 17.9 Å². The summed E-state index contributed by atoms with van der Waals surface area (Å²) >= 11 is 0. The van der Waals surface area contributed by atoms with Gasteiger partial charge in [0.15, 0.2) is 6.10 Å². The number of carboxylic acids is 1. The predicted molar refractivity (Wildman–Crippen MR) is 235 cm³/mol. The van der Waals surface area contributed by atoms with Gasteiger partial charge in [0.1, 0.15) is 13.2 Å². The first-order chi connectivity index (χ1) is 27.6. The van der Waals surface area contributed by atoms with Crippen molar-refractivity contribution in [3.63, 3.8) is 0 Å². The number of allylic oxidation sites excluding steroid dienone is 12. The van der Waals surface area contributed by atoms with E-state index in [2.05, 4.69) is 86.8 Å². The van der Waals surface area contributed by atoms with Gasteiger partial charge in [-0.25, -0.2) is 4.79 Å². The average molecular weight is 801 g/mol. The van der Waals surface area contributed by atoms with Crippen molar-refractivity contribution in [2.45, 2.75) is 167 Å². The Bertz CT molecular complexity index is 1160. The van der Waals surface area contributed by atoms with E-state index in [0.717, 1.165) is 96.3 Å². The van der Waals surface area contributed by atoms with Gasteiger partial charge in [-0.15, -0.1) is 0 Å². The second-order valence-electron chi connectivity index (χ2n) is 15.6. The highest BCUT2D eigenvalue weighted by molar-refractivity contribution is 5.71. The van der Waals surface area contributed by atoms with Crippen molar-refractivity contribution in [3.05, 3.63) is 72.9 Å². The average Bonchev–Trinajstić information content (AvgIpc) is 3.17. The molecule has 0 saturated carbocycles. The molecule has 0 aliphatic rings. The first-order valence-corrected chi connectivity index (χ1v) is 22.1. The van der Waals surface area contributed by atoms with Gasteiger partial charge in [0.25, 0.3) is 6.29 Å². The Morgan fingerprint density at radius 3 is 1.49 bits per heavy atom. The molecule has 0 radical (unpaired) electrons. The second kappa shape index (κ2) is 39.6. The number of quaternary nitrogens is 1. The summed E-state index contributed by atoms with van der Waals surface area (Å²) in [6, 6.07) is 0. The zero-order valence-corrected chi connectivity index (χ0v) is 36.7. The van der Waals surface area contributed by atoms with Crippen molar-refractivity contribution in [1.29, 1.82) is 0 Å². The first-order valence-electron chi connectivity index (χ1n) is 22.1. The second-order valence-corrected chi connectivity index (χ2v) is 15.6. The molecular weight excluding hydrogens is 719 g/mol. The van der Waals surface area contributed by atoms with Crippen molar-refractivity contribution in [1.82, 2.24) is 0 Å². The summed E-state index contributed by atoms with van der Waals surface area (Å²) in [5.74, 6) is -2.04. The molecule has 0 rings (SSSR count). The minimum atomic E-state index is -1.51. The summed E-state index contributed by atoms with van der Waals surface area (Å²) < 4.78 is 22.5. The summed E-state index contributed by atoms with van der Waals surface area (Å²) in [5.41, 5.74) is 0. The highest BCUT2D eigenvalue weighted by Gasteiger charge is 2.25. The predicted octanol–water partition coefficient (Wildman–Crippen LogP) is 11.6. The lowest BCUT2D eigenvalue weighted by atomic mass is 10.1. The number of hydrogen-bond donors (Lipinski definition) is 1. The molecule has 0 fully saturated rings. The van der Waals surface area contributed by atoms with Gasteiger partial charge < -0.3 is 28.5 Å². The van der Waals surface area contributed by atoms with Gasteiger partial charge in [-0.3, -0.25) is 9.59 Å². The van der Waals surface area contributed by atoms with Crippen LogP contribution >= 0.6 is 0 Å². The minimum Gasteiger partial charge on any atom is -0.477 e. The lowest BCUT2D eigenvalue weighted by molar-refractivity contribution is -0.870. The summed E-state index contributed by atoms with van der Waals surface area (Å²) in [5, 5.41) is 9.58. The van der Waals surface area contributed by atoms with E-state index in [0.29, 0.717) is 23.9 Å². The van der Waals surface area contributed by atoms with E-state index in [1.54, 1.807) is 0 Å². The van der Waals surface area contributed by atoms with Crippen molar-refractivity contribution >= 4 is 17.9 Å². The maximum absolute atomic E-state index is 12.7. The fourth-order valence-electron chi connectivity index (χ4n) is 5.54. The minimum absolute atomic E-state index is 0.183. The van der Waals surface area contributed by atoms with Gasteiger partial charge in [0.05, 0.1) is 34.4 Å². The topological polar surface area (TPSA) is 108 Å². The number of esters is 2. The van der Waals surface area contributed by atoms with E-state index in [1.807, 2.05) is 21.1 Å². The van der Waals surface area contributed by atoms with Gasteiger partial charge in [0, 0.05) is 12.8 Å². The van der Waals surface area contributed by atoms with Crippen LogP contribution in [-0.2, 0) is 33.3 Å². The van der Waals surface area contributed by atoms with Gasteiger partial charge in [-0.05, 0) is 64.2 Å². The van der Waals surface area contributed by atoms with Crippen LogP contribution in [0.1, 0.15) is 155 Å². The van der Waals surface area contributed by atoms with Crippen LogP contribution in [0, 0.1) is 0 Å². The van der Waals surface area contributed by atoms with Gasteiger partial charge in [-0.2, -0.15) is 0 Å². The first kappa shape index (κ1) is 53.7. The molecular formula is C48H82NO8+. The molecule has 0 spiro atoms. The van der Waals surface area contributed by atoms with Crippen molar-refractivity contribution in [3.8, 4) is 0 Å². The molecule has 0 bridgehead atoms. The molecule has 57 heavy (non-hydrogen) atoms. The van der Waals surface area contributed by atoms with Crippen molar-refractivity contribution < 1.29 is 42.9 Å². The largest absolute Gasteiger partial charge is 0.477 e. The molecule has 0 aromatic carbocycles. The molecule has 0 aromatic rings. The SMILES string of the molecule is CC/C=C\C/C=C\C/C=C\C/C=C\C/C=C\C/C=C\CCCCCCCCCCC(=O)OC(COC(=O)CCCCCCC)COC(OCC[N+](C)(C)C)C(=O)O. The number of hydrogen-bond acceptors (Lipinski definition) is 7. The third-order valence-electron chi connectivity index (χ3n) is 8.98. The van der Waals surface area contributed by atoms with E-state index < -0.39 is 24.3 Å². The number of carbonyl (C=O) groups is 3. The Morgan fingerprint density at radius 1 is 0.544 bits per heavy atom. The highest BCUT2D eigenvalue weighted by atomic mass is 16.7. The summed E-state index contributed by atoms with van der Waals surface area (Å²) in [6.45, 7) is 4.62. The Kier molecular flexibility index (Phi) is 37.3. The molecule has 0 aromatic heterocycles. The summed E-state index contributed by atoms with van der Waals surface area (Å²) in [7, 11) is 5.93. The molecule has 9 heteroatoms. The summed E-state index contributed by atoms with van der Waals surface area (Å²) in [6.07, 6.45) is 45.8. The molecule has 2 atom stereocenters. The van der Waals surface area contributed by atoms with Crippen molar-refractivity contribution in [2.24, 2.45) is 0 Å². The number of rotatable bonds is 39. The lowest BCUT2D eigenvalue weighted by Gasteiger charge is -2.25. The number of carboxylic acid groups (broad SMARTS) is 1. The molecule has 1 N–H and O–H groups in total. The fraction of sp³-hybridized carbons (Fsp3) is 0.688. The molecule has 2 unspecified atom stereocenters. The Hall–Kier alpha value is -3.27. The smallest absolute Gasteiger partial charge is 0.361 e. The van der Waals surface area contributed by atoms with E-state index in [-0.39, 0.29) is 32.2 Å². The molecule has 326 valence electrons. The normalized spacial score (nSPS) is 13.6. The van der Waals surface area contributed by atoms with E-state index >= 15 is 0 Å². The van der Waals surface area contributed by atoms with E-state index in [4.69, 9.17) is 18.9 Å². The monoisotopic (exact) mass is 801 g/mol. The Morgan fingerprint density at radius 2 is 1.00 bits per heavy atom. The standard InChI is InChI=1S/C48H81NO8/c1-6-8-10-12-13-14-15-16-17-18-19-20-21-22-23-24-25-26-27-28-29-30-31-32-33-35-37-39-46(51)57-44(42-55-45(50)38-36-34-11-9-7-2)43-56-48(47(52)53)54-41-40-49(3,4)5/h8,10,13-14,16-17,19-20,22-23,25-26,44,48H,6-7,9,11-12,15,18,21,24,27-43H2,1-5H3/p+1/b10-8-,14-13-,17-16-,20-19-,23-22-,26-25-. The van der Waals surface area contributed by atoms with Crippen LogP contribution in [0.25, 0.3) is 0 Å². The van der Waals surface area contributed by atoms with Crippen LogP contribution in [0.3, 0.4) is 0 Å². The van der Waals surface area contributed by atoms with Crippen LogP contribution in [-0.4, -0.2) is 87.4 Å². The maximum Gasteiger partial charge on any atom is 0.361 e. The number of aliphatic carboxylic acids is 1.